The second-order valence-corrected chi connectivity index (χ2v) is 9.30. The molecule has 23 heavy (non-hydrogen) atoms. The van der Waals surface area contributed by atoms with Gasteiger partial charge in [0.1, 0.15) is 0 Å². The van der Waals surface area contributed by atoms with Gasteiger partial charge in [0.25, 0.3) is 0 Å². The molecule has 126 valence electrons. The van der Waals surface area contributed by atoms with Gasteiger partial charge in [0.05, 0.1) is 40.2 Å². The van der Waals surface area contributed by atoms with Crippen LogP contribution in [0.1, 0.15) is 5.56 Å². The molecule has 0 bridgehead atoms. The first kappa shape index (κ1) is 17.8. The molecule has 8 nitrogen and oxygen atoms in total. The predicted molar refractivity (Wildman–Crippen MR) is 82.6 cm³/mol. The van der Waals surface area contributed by atoms with E-state index in [1.807, 2.05) is 6.07 Å². The van der Waals surface area contributed by atoms with E-state index in [-0.39, 0.29) is 23.5 Å². The van der Waals surface area contributed by atoms with E-state index >= 15 is 0 Å². The molecule has 3 N–H and O–H groups in total. The highest BCUT2D eigenvalue weighted by Gasteiger charge is 2.44. The van der Waals surface area contributed by atoms with Crippen molar-refractivity contribution in [1.82, 2.24) is 4.31 Å². The van der Waals surface area contributed by atoms with Crippen LogP contribution in [0.4, 0.5) is 0 Å². The van der Waals surface area contributed by atoms with Crippen LogP contribution in [0.3, 0.4) is 0 Å². The largest absolute Gasteiger partial charge is 0.390 e. The van der Waals surface area contributed by atoms with Crippen LogP contribution in [0.5, 0.6) is 0 Å². The Hall–Kier alpha value is -1.51. The van der Waals surface area contributed by atoms with Crippen LogP contribution >= 0.6 is 0 Å². The molecular weight excluding hydrogens is 342 g/mol. The summed E-state index contributed by atoms with van der Waals surface area (Å²) < 4.78 is 49.8. The zero-order valence-electron chi connectivity index (χ0n) is 12.2. The van der Waals surface area contributed by atoms with E-state index in [0.29, 0.717) is 0 Å². The van der Waals surface area contributed by atoms with Crippen molar-refractivity contribution < 1.29 is 21.9 Å². The molecule has 0 aliphatic carbocycles. The van der Waals surface area contributed by atoms with Crippen molar-refractivity contribution in [3.05, 3.63) is 29.8 Å². The minimum absolute atomic E-state index is 0.0273. The van der Waals surface area contributed by atoms with Gasteiger partial charge in [-0.3, -0.25) is 0 Å². The maximum absolute atomic E-state index is 12.8. The molecule has 0 spiro atoms. The fourth-order valence-electron chi connectivity index (χ4n) is 2.54. The van der Waals surface area contributed by atoms with E-state index in [0.717, 1.165) is 4.31 Å². The molecule has 1 saturated heterocycles. The number of benzene rings is 1. The van der Waals surface area contributed by atoms with E-state index in [4.69, 9.17) is 11.0 Å². The van der Waals surface area contributed by atoms with Crippen LogP contribution in [0, 0.1) is 11.3 Å². The molecule has 1 aliphatic rings. The molecule has 1 fully saturated rings. The number of hydrogen-bond acceptors (Lipinski definition) is 7. The van der Waals surface area contributed by atoms with Gasteiger partial charge in [-0.1, -0.05) is 6.07 Å². The highest BCUT2D eigenvalue weighted by Crippen LogP contribution is 2.25. The number of sulfone groups is 1. The summed E-state index contributed by atoms with van der Waals surface area (Å²) in [4.78, 5) is -0.138. The molecule has 10 heteroatoms. The van der Waals surface area contributed by atoms with E-state index in [1.54, 1.807) is 0 Å². The molecule has 0 amide bonds. The first-order valence-electron chi connectivity index (χ1n) is 6.82. The van der Waals surface area contributed by atoms with E-state index < -0.39 is 43.5 Å². The Morgan fingerprint density at radius 3 is 2.61 bits per heavy atom. The Labute approximate surface area is 135 Å². The Bertz CT molecular complexity index is 829. The summed E-state index contributed by atoms with van der Waals surface area (Å²) in [5, 5.41) is 18.8. The molecule has 2 atom stereocenters. The normalized spacial score (nSPS) is 23.7. The standard InChI is InChI=1S/C13H17N3O5S2/c14-4-5-16(12-8-22(18,19)9-13(12)17)23(20,21)11-3-1-2-10(6-11)7-15/h1-3,6,12-13,17H,4-5,8-9,14H2/t12-,13+/m1/s1. The van der Waals surface area contributed by atoms with Crippen LogP contribution in [-0.2, 0) is 19.9 Å². The number of hydrogen-bond donors (Lipinski definition) is 2. The van der Waals surface area contributed by atoms with E-state index in [9.17, 15) is 21.9 Å². The van der Waals surface area contributed by atoms with Crippen molar-refractivity contribution in [2.24, 2.45) is 5.73 Å². The van der Waals surface area contributed by atoms with Crippen LogP contribution in [-0.4, -0.2) is 63.0 Å². The van der Waals surface area contributed by atoms with E-state index in [2.05, 4.69) is 0 Å². The molecule has 0 radical (unpaired) electrons. The number of nitrogens with zero attached hydrogens (tertiary/aromatic N) is 2. The Morgan fingerprint density at radius 2 is 2.09 bits per heavy atom. The number of rotatable bonds is 5. The third-order valence-electron chi connectivity index (χ3n) is 3.58. The van der Waals surface area contributed by atoms with Crippen LogP contribution in [0.2, 0.25) is 0 Å². The topological polar surface area (TPSA) is 142 Å². The summed E-state index contributed by atoms with van der Waals surface area (Å²) >= 11 is 0. The van der Waals surface area contributed by atoms with Gasteiger partial charge >= 0.3 is 0 Å². The summed E-state index contributed by atoms with van der Waals surface area (Å²) in [6.07, 6.45) is -1.31. The Morgan fingerprint density at radius 1 is 1.39 bits per heavy atom. The fraction of sp³-hybridized carbons (Fsp3) is 0.462. The van der Waals surface area contributed by atoms with Crippen LogP contribution in [0.25, 0.3) is 0 Å². The molecule has 1 aromatic rings. The monoisotopic (exact) mass is 359 g/mol. The van der Waals surface area contributed by atoms with Gasteiger partial charge in [0.2, 0.25) is 10.0 Å². The molecule has 2 rings (SSSR count). The number of aliphatic hydroxyl groups is 1. The van der Waals surface area contributed by atoms with Crippen molar-refractivity contribution in [3.63, 3.8) is 0 Å². The van der Waals surface area contributed by atoms with Crippen molar-refractivity contribution in [3.8, 4) is 6.07 Å². The van der Waals surface area contributed by atoms with Crippen molar-refractivity contribution in [2.45, 2.75) is 17.0 Å². The Kier molecular flexibility index (Phi) is 5.07. The number of nitriles is 1. The summed E-state index contributed by atoms with van der Waals surface area (Å²) in [7, 11) is -7.60. The zero-order chi connectivity index (χ0) is 17.3. The quantitative estimate of drug-likeness (QED) is 0.663. The van der Waals surface area contributed by atoms with Gasteiger partial charge in [-0.25, -0.2) is 16.8 Å². The summed E-state index contributed by atoms with van der Waals surface area (Å²) in [6.45, 7) is -0.156. The third-order valence-corrected chi connectivity index (χ3v) is 7.20. The first-order valence-corrected chi connectivity index (χ1v) is 10.1. The lowest BCUT2D eigenvalue weighted by atomic mass is 10.2. The number of sulfonamides is 1. The maximum atomic E-state index is 12.8. The predicted octanol–water partition coefficient (Wildman–Crippen LogP) is -1.33. The smallest absolute Gasteiger partial charge is 0.243 e. The molecule has 0 aromatic heterocycles. The zero-order valence-corrected chi connectivity index (χ0v) is 13.8. The van der Waals surface area contributed by atoms with Gasteiger partial charge in [0, 0.05) is 13.1 Å². The molecule has 1 aliphatic heterocycles. The number of nitrogens with two attached hydrogens (primary N) is 1. The van der Waals surface area contributed by atoms with E-state index in [1.165, 1.54) is 24.3 Å². The fourth-order valence-corrected chi connectivity index (χ4v) is 6.15. The third kappa shape index (κ3) is 3.70. The summed E-state index contributed by atoms with van der Waals surface area (Å²) in [5.41, 5.74) is 5.62. The molecule has 1 aromatic carbocycles. The molecule has 0 saturated carbocycles. The SMILES string of the molecule is N#Cc1cccc(S(=O)(=O)N(CCN)[C@@H]2CS(=O)(=O)C[C@@H]2O)c1. The van der Waals surface area contributed by atoms with Crippen LogP contribution < -0.4 is 5.73 Å². The average molecular weight is 359 g/mol. The minimum atomic E-state index is -4.08. The Balaban J connectivity index is 2.46. The highest BCUT2D eigenvalue weighted by atomic mass is 32.2. The van der Waals surface area contributed by atoms with Gasteiger partial charge < -0.3 is 10.8 Å². The van der Waals surface area contributed by atoms with Gasteiger partial charge in [-0.2, -0.15) is 9.57 Å². The van der Waals surface area contributed by atoms with Gasteiger partial charge in [-0.05, 0) is 18.2 Å². The van der Waals surface area contributed by atoms with Crippen molar-refractivity contribution in [2.75, 3.05) is 24.6 Å². The van der Waals surface area contributed by atoms with Crippen molar-refractivity contribution >= 4 is 19.9 Å². The highest BCUT2D eigenvalue weighted by molar-refractivity contribution is 7.92. The molecule has 1 heterocycles. The van der Waals surface area contributed by atoms with Gasteiger partial charge in [0.15, 0.2) is 9.84 Å². The number of aliphatic hydroxyl groups excluding tert-OH is 1. The summed E-state index contributed by atoms with van der Waals surface area (Å²) in [6, 6.07) is 6.17. The maximum Gasteiger partial charge on any atom is 0.243 e. The van der Waals surface area contributed by atoms with Gasteiger partial charge in [-0.15, -0.1) is 0 Å². The summed E-state index contributed by atoms with van der Waals surface area (Å²) in [5.74, 6) is -0.933. The first-order chi connectivity index (χ1) is 10.7. The lowest BCUT2D eigenvalue weighted by Crippen LogP contribution is -2.48. The second kappa shape index (κ2) is 6.54. The lowest BCUT2D eigenvalue weighted by Gasteiger charge is -2.28. The van der Waals surface area contributed by atoms with Crippen molar-refractivity contribution in [1.29, 1.82) is 5.26 Å². The van der Waals surface area contributed by atoms with Crippen LogP contribution in [0.15, 0.2) is 29.2 Å². The average Bonchev–Trinajstić information content (AvgIpc) is 2.77. The lowest BCUT2D eigenvalue weighted by molar-refractivity contribution is 0.129. The minimum Gasteiger partial charge on any atom is -0.390 e. The molecule has 0 unspecified atom stereocenters. The molecular formula is C13H17N3O5S2. The second-order valence-electron chi connectivity index (χ2n) is 5.26.